The van der Waals surface area contributed by atoms with Crippen molar-refractivity contribution in [2.75, 3.05) is 75.1 Å². The molecule has 6 aromatic heterocycles. The molecule has 10 aromatic rings. The van der Waals surface area contributed by atoms with Crippen molar-refractivity contribution in [2.45, 2.75) is 71.9 Å². The highest BCUT2D eigenvalue weighted by Gasteiger charge is 2.30. The van der Waals surface area contributed by atoms with Crippen LogP contribution >= 0.6 is 15.9 Å². The molecule has 2 aliphatic rings. The molecule has 2 unspecified atom stereocenters. The lowest BCUT2D eigenvalue weighted by molar-refractivity contribution is 0.391. The molecule has 2 saturated heterocycles. The molecule has 0 amide bonds. The number of hydrogen-bond acceptors (Lipinski definition) is 18. The number of halogens is 5. The second kappa shape index (κ2) is 28.8. The van der Waals surface area contributed by atoms with Crippen LogP contribution in [0, 0.1) is 37.1 Å². The van der Waals surface area contributed by atoms with Gasteiger partial charge in [0.1, 0.15) is 50.8 Å². The summed E-state index contributed by atoms with van der Waals surface area (Å²) < 4.78 is 88.0. The van der Waals surface area contributed by atoms with E-state index >= 15 is 0 Å². The molecular formula is C61H69BBrF4N16O6. The minimum absolute atomic E-state index is 0. The SMILES string of the molecule is C.COc1ccc(CNc2nc(-c3cc(F)ccc3F)c(C)n3nc(C4CCCN(c5cnn(C)c5)C4)nc23)c(OC)c1.COc1ccc(CNc2nc(Br)c(C)n3nc(C4CCCN(c5cnn(C)c5)C4)nc23)c(OC)c1.O[B]Oc1cc(F)ccc1F. The van der Waals surface area contributed by atoms with Gasteiger partial charge in [0, 0.05) is 112 Å². The fraction of sp³-hybridized carbons (Fsp3) is 0.344. The summed E-state index contributed by atoms with van der Waals surface area (Å²) in [4.78, 5) is 24.1. The van der Waals surface area contributed by atoms with Crippen LogP contribution in [0.3, 0.4) is 0 Å². The predicted molar refractivity (Wildman–Crippen MR) is 334 cm³/mol. The van der Waals surface area contributed by atoms with E-state index in [1.54, 1.807) is 50.6 Å². The van der Waals surface area contributed by atoms with E-state index in [1.807, 2.05) is 79.1 Å². The van der Waals surface area contributed by atoms with E-state index in [2.05, 4.69) is 57.4 Å². The average Bonchev–Trinajstić information content (AvgIpc) is 1.78. The third-order valence-corrected chi connectivity index (χ3v) is 16.0. The third-order valence-electron chi connectivity index (χ3n) is 15.2. The van der Waals surface area contributed by atoms with Gasteiger partial charge in [0.2, 0.25) is 0 Å². The van der Waals surface area contributed by atoms with Gasteiger partial charge in [-0.1, -0.05) is 7.43 Å². The number of aryl methyl sites for hydroxylation is 4. The van der Waals surface area contributed by atoms with Gasteiger partial charge in [-0.3, -0.25) is 9.36 Å². The van der Waals surface area contributed by atoms with Crippen molar-refractivity contribution in [3.8, 4) is 40.0 Å². The summed E-state index contributed by atoms with van der Waals surface area (Å²) in [6.07, 6.45) is 11.9. The first-order chi connectivity index (χ1) is 42.5. The van der Waals surface area contributed by atoms with E-state index in [9.17, 15) is 17.6 Å². The molecule has 8 heterocycles. The minimum Gasteiger partial charge on any atom is -0.535 e. The number of aromatic nitrogens is 12. The Kier molecular flexibility index (Phi) is 20.8. The quantitative estimate of drug-likeness (QED) is 0.0570. The molecule has 2 aliphatic heterocycles. The van der Waals surface area contributed by atoms with Crippen LogP contribution in [0.2, 0.25) is 0 Å². The minimum atomic E-state index is -0.725. The topological polar surface area (TPSA) is 219 Å². The largest absolute Gasteiger partial charge is 0.569 e. The van der Waals surface area contributed by atoms with Gasteiger partial charge in [0.25, 0.3) is 0 Å². The van der Waals surface area contributed by atoms with Gasteiger partial charge in [-0.15, -0.1) is 0 Å². The lowest BCUT2D eigenvalue weighted by Gasteiger charge is -2.32. The smallest absolute Gasteiger partial charge is 0.535 e. The molecule has 89 heavy (non-hydrogen) atoms. The number of methoxy groups -OCH3 is 4. The Morgan fingerprint density at radius 1 is 0.607 bits per heavy atom. The summed E-state index contributed by atoms with van der Waals surface area (Å²) >= 11 is 3.59. The van der Waals surface area contributed by atoms with Gasteiger partial charge in [-0.2, -0.15) is 20.4 Å². The lowest BCUT2D eigenvalue weighted by atomic mass is 9.97. The third kappa shape index (κ3) is 14.7. The maximum absolute atomic E-state index is 15.0. The molecule has 2 fully saturated rings. The van der Waals surface area contributed by atoms with E-state index in [-0.39, 0.29) is 44.0 Å². The molecule has 12 rings (SSSR count). The van der Waals surface area contributed by atoms with E-state index in [1.165, 1.54) is 0 Å². The van der Waals surface area contributed by atoms with Gasteiger partial charge in [-0.25, -0.2) is 46.5 Å². The number of rotatable bonds is 17. The molecule has 22 nitrogen and oxygen atoms in total. The maximum atomic E-state index is 15.0. The zero-order valence-electron chi connectivity index (χ0n) is 49.7. The molecule has 0 spiro atoms. The monoisotopic (exact) mass is 1290 g/mol. The van der Waals surface area contributed by atoms with Crippen LogP contribution in [-0.4, -0.2) is 126 Å². The van der Waals surface area contributed by atoms with E-state index in [0.29, 0.717) is 59.0 Å². The zero-order valence-corrected chi connectivity index (χ0v) is 51.3. The van der Waals surface area contributed by atoms with Crippen LogP contribution < -0.4 is 44.0 Å². The summed E-state index contributed by atoms with van der Waals surface area (Å²) in [6.45, 7) is 8.18. The molecule has 4 aromatic carbocycles. The molecule has 28 heteroatoms. The van der Waals surface area contributed by atoms with Gasteiger partial charge in [-0.05, 0) is 110 Å². The van der Waals surface area contributed by atoms with Crippen molar-refractivity contribution in [3.63, 3.8) is 0 Å². The summed E-state index contributed by atoms with van der Waals surface area (Å²) in [5.41, 5.74) is 7.06. The van der Waals surface area contributed by atoms with E-state index < -0.39 is 23.3 Å². The fourth-order valence-corrected chi connectivity index (χ4v) is 10.9. The number of ether oxygens (including phenoxy) is 4. The van der Waals surface area contributed by atoms with Crippen molar-refractivity contribution in [1.29, 1.82) is 0 Å². The lowest BCUT2D eigenvalue weighted by Crippen LogP contribution is -2.34. The standard InChI is InChI=1S/C30H32F2N8O2.C24H29BrN8O2.C6H4BF2O2.CH4/c1-18-27(24-12-21(31)8-10-25(24)32)35-29(33-14-19-7-9-23(41-3)13-26(19)42-4)30-36-28(37-40(18)30)20-6-5-11-39(16-20)22-15-34-38(2)17-22;1-15-21(25)28-23(26-11-16-7-8-19(34-3)10-20(16)35-4)24-29-22(30-33(15)24)17-6-5-9-32(13-17)18-12-27-31(2)14-18;8-4-1-2-5(9)6(3-4)11-7-10;/h7-10,12-13,15,17,20H,5-6,11,14,16H2,1-4H3,(H,33,35);7-8,10,12,14,17H,5-6,9,11,13H2,1-4H3,(H,26,28);1-3,10H;1H4. The van der Waals surface area contributed by atoms with Crippen LogP contribution in [0.15, 0.2) is 102 Å². The number of nitrogens with zero attached hydrogens (tertiary/aromatic N) is 14. The van der Waals surface area contributed by atoms with Crippen LogP contribution in [0.4, 0.5) is 40.6 Å². The van der Waals surface area contributed by atoms with E-state index in [4.69, 9.17) is 54.1 Å². The Hall–Kier alpha value is -9.18. The average molecular weight is 1290 g/mol. The molecule has 0 saturated carbocycles. The molecule has 3 N–H and O–H groups in total. The molecule has 1 radical (unpaired) electrons. The van der Waals surface area contributed by atoms with Crippen LogP contribution in [0.1, 0.15) is 79.1 Å². The van der Waals surface area contributed by atoms with Crippen LogP contribution in [0.5, 0.6) is 28.7 Å². The number of piperidine rings is 2. The van der Waals surface area contributed by atoms with Crippen molar-refractivity contribution in [2.24, 2.45) is 14.1 Å². The molecule has 2 atom stereocenters. The van der Waals surface area contributed by atoms with Gasteiger partial charge >= 0.3 is 7.69 Å². The van der Waals surface area contributed by atoms with Crippen LogP contribution in [-0.2, 0) is 27.2 Å². The van der Waals surface area contributed by atoms with Gasteiger partial charge in [0.05, 0.1) is 69.3 Å². The number of nitrogens with one attached hydrogen (secondary N) is 2. The Bertz CT molecular complexity index is 4080. The highest BCUT2D eigenvalue weighted by molar-refractivity contribution is 9.10. The highest BCUT2D eigenvalue weighted by Crippen LogP contribution is 2.35. The summed E-state index contributed by atoms with van der Waals surface area (Å²) in [7, 11) is 10.6. The molecule has 467 valence electrons. The first-order valence-electron chi connectivity index (χ1n) is 28.1. The Labute approximate surface area is 521 Å². The summed E-state index contributed by atoms with van der Waals surface area (Å²) in [5.74, 6) is 2.88. The summed E-state index contributed by atoms with van der Waals surface area (Å²) in [5, 5.41) is 33.3. The second-order valence-corrected chi connectivity index (χ2v) is 21.7. The van der Waals surface area contributed by atoms with Gasteiger partial charge in [0.15, 0.2) is 40.4 Å². The first kappa shape index (κ1) is 64.3. The zero-order chi connectivity index (χ0) is 62.2. The van der Waals surface area contributed by atoms with Gasteiger partial charge < -0.3 is 49.1 Å². The number of benzene rings is 4. The molecular weight excluding hydrogens is 1220 g/mol. The Morgan fingerprint density at radius 3 is 1.58 bits per heavy atom. The fourth-order valence-electron chi connectivity index (χ4n) is 10.6. The number of anilines is 4. The van der Waals surface area contributed by atoms with Crippen molar-refractivity contribution >= 4 is 57.9 Å². The van der Waals surface area contributed by atoms with Crippen LogP contribution in [0.25, 0.3) is 22.6 Å². The van der Waals surface area contributed by atoms with Crippen molar-refractivity contribution < 1.29 is 46.2 Å². The second-order valence-electron chi connectivity index (χ2n) is 20.9. The Balaban J connectivity index is 0.000000181. The predicted octanol–water partition coefficient (Wildman–Crippen LogP) is 10.6. The van der Waals surface area contributed by atoms with Crippen molar-refractivity contribution in [3.05, 3.63) is 160 Å². The normalized spacial score (nSPS) is 14.7. The number of hydrogen-bond donors (Lipinski definition) is 3. The van der Waals surface area contributed by atoms with E-state index in [0.717, 1.165) is 138 Å². The first-order valence-corrected chi connectivity index (χ1v) is 28.9. The molecule has 0 aliphatic carbocycles. The highest BCUT2D eigenvalue weighted by atomic mass is 79.9. The Morgan fingerprint density at radius 2 is 1.10 bits per heavy atom. The number of fused-ring (bicyclic) bond motifs is 2. The summed E-state index contributed by atoms with van der Waals surface area (Å²) in [6, 6.07) is 17.4. The van der Waals surface area contributed by atoms with Crippen molar-refractivity contribution in [1.82, 2.24) is 58.7 Å². The maximum Gasteiger partial charge on any atom is 0.569 e. The molecule has 0 bridgehead atoms.